The maximum Gasteiger partial charge on any atom is 0.0916 e. The predicted molar refractivity (Wildman–Crippen MR) is 95.8 cm³/mol. The topological polar surface area (TPSA) is 26.7 Å². The molecule has 1 aliphatic carbocycles. The van der Waals surface area contributed by atoms with E-state index in [1.807, 2.05) is 24.3 Å². The van der Waals surface area contributed by atoms with Crippen molar-refractivity contribution >= 4 is 11.6 Å². The summed E-state index contributed by atoms with van der Waals surface area (Å²) in [4.78, 5) is 5.07. The molecule has 1 unspecified atom stereocenters. The van der Waals surface area contributed by atoms with E-state index in [0.29, 0.717) is 0 Å². The molecule has 0 amide bonds. The Balaban J connectivity index is 1.44. The van der Waals surface area contributed by atoms with Crippen molar-refractivity contribution in [2.45, 2.75) is 44.8 Å². The van der Waals surface area contributed by atoms with Crippen LogP contribution in [0.2, 0.25) is 5.02 Å². The Morgan fingerprint density at radius 3 is 2.26 bits per heavy atom. The van der Waals surface area contributed by atoms with Gasteiger partial charge < -0.3 is 5.11 Å². The fourth-order valence-corrected chi connectivity index (χ4v) is 4.08. The van der Waals surface area contributed by atoms with E-state index < -0.39 is 6.10 Å². The molecule has 0 aromatic heterocycles. The highest BCUT2D eigenvalue weighted by Gasteiger charge is 2.27. The maximum atomic E-state index is 10.4. The quantitative estimate of drug-likeness (QED) is 0.910. The molecule has 4 heteroatoms. The van der Waals surface area contributed by atoms with Gasteiger partial charge in [-0.25, -0.2) is 0 Å². The third-order valence-corrected chi connectivity index (χ3v) is 5.85. The summed E-state index contributed by atoms with van der Waals surface area (Å²) < 4.78 is 0. The molecule has 0 bridgehead atoms. The second-order valence-corrected chi connectivity index (χ2v) is 7.75. The van der Waals surface area contributed by atoms with Gasteiger partial charge in [-0.1, -0.05) is 30.7 Å². The van der Waals surface area contributed by atoms with Gasteiger partial charge in [0.05, 0.1) is 6.10 Å². The van der Waals surface area contributed by atoms with Crippen molar-refractivity contribution in [1.82, 2.24) is 9.80 Å². The van der Waals surface area contributed by atoms with Crippen LogP contribution >= 0.6 is 11.6 Å². The van der Waals surface area contributed by atoms with Gasteiger partial charge in [0, 0.05) is 43.8 Å². The molecule has 0 spiro atoms. The molecule has 2 aliphatic rings. The number of benzene rings is 1. The van der Waals surface area contributed by atoms with Gasteiger partial charge in [-0.05, 0) is 49.3 Å². The van der Waals surface area contributed by atoms with E-state index in [-0.39, 0.29) is 0 Å². The lowest BCUT2D eigenvalue weighted by Crippen LogP contribution is -2.51. The lowest BCUT2D eigenvalue weighted by atomic mass is 9.86. The number of hydrogen-bond acceptors (Lipinski definition) is 3. The van der Waals surface area contributed by atoms with Crippen LogP contribution in [-0.4, -0.2) is 53.7 Å². The molecule has 0 radical (unpaired) electrons. The molecule has 3 nitrogen and oxygen atoms in total. The zero-order valence-corrected chi connectivity index (χ0v) is 14.9. The Morgan fingerprint density at radius 1 is 1.04 bits per heavy atom. The average Bonchev–Trinajstić information content (AvgIpc) is 2.57. The lowest BCUT2D eigenvalue weighted by molar-refractivity contribution is 0.0439. The number of nitrogens with zero attached hydrogens (tertiary/aromatic N) is 2. The minimum absolute atomic E-state index is 0.422. The van der Waals surface area contributed by atoms with Crippen LogP contribution < -0.4 is 0 Å². The number of rotatable bonds is 4. The van der Waals surface area contributed by atoms with Crippen LogP contribution in [-0.2, 0) is 0 Å². The highest BCUT2D eigenvalue weighted by Crippen LogP contribution is 2.28. The molecule has 1 aromatic carbocycles. The second kappa shape index (κ2) is 7.98. The van der Waals surface area contributed by atoms with E-state index in [0.717, 1.165) is 55.3 Å². The second-order valence-electron chi connectivity index (χ2n) is 7.32. The van der Waals surface area contributed by atoms with Crippen LogP contribution in [0, 0.1) is 5.92 Å². The van der Waals surface area contributed by atoms with E-state index in [2.05, 4.69) is 16.7 Å². The van der Waals surface area contributed by atoms with Crippen LogP contribution in [0.5, 0.6) is 0 Å². The van der Waals surface area contributed by atoms with Crippen molar-refractivity contribution in [2.24, 2.45) is 5.92 Å². The summed E-state index contributed by atoms with van der Waals surface area (Å²) in [5, 5.41) is 11.1. The summed E-state index contributed by atoms with van der Waals surface area (Å²) >= 11 is 5.91. The Labute approximate surface area is 145 Å². The molecule has 1 N–H and O–H groups in total. The first kappa shape index (κ1) is 17.2. The van der Waals surface area contributed by atoms with Gasteiger partial charge in [0.15, 0.2) is 0 Å². The Kier molecular flexibility index (Phi) is 5.97. The number of hydrogen-bond donors (Lipinski definition) is 1. The molecule has 1 heterocycles. The minimum atomic E-state index is -0.422. The lowest BCUT2D eigenvalue weighted by Gasteiger charge is -2.42. The van der Waals surface area contributed by atoms with Crippen LogP contribution in [0.3, 0.4) is 0 Å². The smallest absolute Gasteiger partial charge is 0.0916 e. The minimum Gasteiger partial charge on any atom is -0.387 e. The number of aliphatic hydroxyl groups is 1. The van der Waals surface area contributed by atoms with Gasteiger partial charge in [0.25, 0.3) is 0 Å². The van der Waals surface area contributed by atoms with Crippen molar-refractivity contribution < 1.29 is 5.11 Å². The van der Waals surface area contributed by atoms with Gasteiger partial charge in [-0.15, -0.1) is 0 Å². The van der Waals surface area contributed by atoms with Gasteiger partial charge >= 0.3 is 0 Å². The molecule has 1 saturated carbocycles. The highest BCUT2D eigenvalue weighted by molar-refractivity contribution is 6.30. The normalized spacial score (nSPS) is 28.7. The molecular formula is C19H29ClN2O. The number of aliphatic hydroxyl groups excluding tert-OH is 1. The van der Waals surface area contributed by atoms with Crippen molar-refractivity contribution in [3.05, 3.63) is 34.9 Å². The van der Waals surface area contributed by atoms with Crippen molar-refractivity contribution in [3.63, 3.8) is 0 Å². The van der Waals surface area contributed by atoms with Crippen LogP contribution in [0.25, 0.3) is 0 Å². The molecule has 1 aromatic rings. The van der Waals surface area contributed by atoms with E-state index in [1.165, 1.54) is 25.7 Å². The van der Waals surface area contributed by atoms with E-state index >= 15 is 0 Å². The first-order chi connectivity index (χ1) is 11.1. The third-order valence-electron chi connectivity index (χ3n) is 5.59. The maximum absolute atomic E-state index is 10.4. The fraction of sp³-hybridized carbons (Fsp3) is 0.684. The van der Waals surface area contributed by atoms with E-state index in [4.69, 9.17) is 11.6 Å². The summed E-state index contributed by atoms with van der Waals surface area (Å²) in [6.07, 6.45) is 5.10. The zero-order valence-electron chi connectivity index (χ0n) is 14.1. The van der Waals surface area contributed by atoms with Crippen molar-refractivity contribution in [3.8, 4) is 0 Å². The number of piperazine rings is 1. The molecule has 128 valence electrons. The predicted octanol–water partition coefficient (Wildman–Crippen LogP) is 3.57. The summed E-state index contributed by atoms with van der Waals surface area (Å²) in [5.74, 6) is 0.919. The first-order valence-electron chi connectivity index (χ1n) is 9.02. The third kappa shape index (κ3) is 4.69. The van der Waals surface area contributed by atoms with Gasteiger partial charge in [-0.2, -0.15) is 0 Å². The molecule has 23 heavy (non-hydrogen) atoms. The molecule has 3 rings (SSSR count). The standard InChI is InChI=1S/C19H29ClN2O/c1-15-2-8-18(9-3-15)22-12-10-21(11-13-22)14-19(23)16-4-6-17(20)7-5-16/h4-7,15,18-19,23H,2-3,8-14H2,1H3. The van der Waals surface area contributed by atoms with Crippen molar-refractivity contribution in [1.29, 1.82) is 0 Å². The summed E-state index contributed by atoms with van der Waals surface area (Å²) in [6, 6.07) is 8.35. The first-order valence-corrected chi connectivity index (χ1v) is 9.39. The van der Waals surface area contributed by atoms with Crippen molar-refractivity contribution in [2.75, 3.05) is 32.7 Å². The van der Waals surface area contributed by atoms with Crippen LogP contribution in [0.4, 0.5) is 0 Å². The van der Waals surface area contributed by atoms with Gasteiger partial charge in [0.1, 0.15) is 0 Å². The number of β-amino-alcohol motifs (C(OH)–C–C–N with tert-alkyl or cyclic N) is 1. The Morgan fingerprint density at radius 2 is 1.65 bits per heavy atom. The Hall–Kier alpha value is -0.610. The number of halogens is 1. The summed E-state index contributed by atoms with van der Waals surface area (Å²) in [5.41, 5.74) is 0.957. The Bertz CT molecular complexity index is 477. The largest absolute Gasteiger partial charge is 0.387 e. The van der Waals surface area contributed by atoms with Gasteiger partial charge in [0.2, 0.25) is 0 Å². The molecule has 2 fully saturated rings. The van der Waals surface area contributed by atoms with Crippen LogP contribution in [0.1, 0.15) is 44.3 Å². The molecule has 1 aliphatic heterocycles. The summed E-state index contributed by atoms with van der Waals surface area (Å²) in [7, 11) is 0. The molecule has 1 atom stereocenters. The highest BCUT2D eigenvalue weighted by atomic mass is 35.5. The summed E-state index contributed by atoms with van der Waals surface area (Å²) in [6.45, 7) is 7.52. The van der Waals surface area contributed by atoms with E-state index in [9.17, 15) is 5.11 Å². The zero-order chi connectivity index (χ0) is 16.2. The molecule has 1 saturated heterocycles. The average molecular weight is 337 g/mol. The SMILES string of the molecule is CC1CCC(N2CCN(CC(O)c3ccc(Cl)cc3)CC2)CC1. The molecular weight excluding hydrogens is 308 g/mol. The van der Waals surface area contributed by atoms with E-state index in [1.54, 1.807) is 0 Å². The monoisotopic (exact) mass is 336 g/mol. The van der Waals surface area contributed by atoms with Gasteiger partial charge in [-0.3, -0.25) is 9.80 Å². The van der Waals surface area contributed by atoms with Crippen LogP contribution in [0.15, 0.2) is 24.3 Å². The fourth-order valence-electron chi connectivity index (χ4n) is 3.95.